The second kappa shape index (κ2) is 4.62. The minimum Gasteiger partial charge on any atom is -0.444 e. The van der Waals surface area contributed by atoms with Gasteiger partial charge in [0.2, 0.25) is 0 Å². The maximum absolute atomic E-state index is 11.6. The van der Waals surface area contributed by atoms with Gasteiger partial charge in [-0.2, -0.15) is 0 Å². The summed E-state index contributed by atoms with van der Waals surface area (Å²) in [5.74, 6) is 0. The standard InChI is InChI=1S/C12H24N2O2/c1-11(2,3)16-10(15)14-9-6-12(4,5)8-13-7-9/h9,13H,6-8H2,1-5H3,(H,14,15). The van der Waals surface area contributed by atoms with E-state index >= 15 is 0 Å². The van der Waals surface area contributed by atoms with Crippen molar-refractivity contribution in [2.24, 2.45) is 5.41 Å². The first-order chi connectivity index (χ1) is 7.18. The molecule has 0 aromatic carbocycles. The largest absolute Gasteiger partial charge is 0.444 e. The van der Waals surface area contributed by atoms with Crippen LogP contribution in [0.4, 0.5) is 4.79 Å². The number of amides is 1. The molecule has 1 aliphatic rings. The molecule has 1 amide bonds. The zero-order valence-electron chi connectivity index (χ0n) is 11.0. The van der Waals surface area contributed by atoms with Crippen molar-refractivity contribution >= 4 is 6.09 Å². The molecule has 0 aromatic rings. The molecule has 0 spiro atoms. The van der Waals surface area contributed by atoms with Crippen LogP contribution in [-0.2, 0) is 4.74 Å². The van der Waals surface area contributed by atoms with Crippen LogP contribution in [0, 0.1) is 5.41 Å². The number of nitrogens with one attached hydrogen (secondary N) is 2. The molecule has 0 radical (unpaired) electrons. The van der Waals surface area contributed by atoms with Crippen molar-refractivity contribution in [3.8, 4) is 0 Å². The average molecular weight is 228 g/mol. The van der Waals surface area contributed by atoms with Gasteiger partial charge in [0.1, 0.15) is 5.60 Å². The summed E-state index contributed by atoms with van der Waals surface area (Å²) in [6, 6.07) is 0.165. The lowest BCUT2D eigenvalue weighted by Crippen LogP contribution is -2.52. The lowest BCUT2D eigenvalue weighted by Gasteiger charge is -2.36. The van der Waals surface area contributed by atoms with Crippen LogP contribution in [0.15, 0.2) is 0 Å². The van der Waals surface area contributed by atoms with Gasteiger partial charge in [0.25, 0.3) is 0 Å². The Morgan fingerprint density at radius 3 is 2.56 bits per heavy atom. The minimum atomic E-state index is -0.429. The van der Waals surface area contributed by atoms with Crippen LogP contribution in [0.25, 0.3) is 0 Å². The second-order valence-electron chi connectivity index (χ2n) is 6.34. The summed E-state index contributed by atoms with van der Waals surface area (Å²) < 4.78 is 5.23. The highest BCUT2D eigenvalue weighted by atomic mass is 16.6. The summed E-state index contributed by atoms with van der Waals surface area (Å²) in [7, 11) is 0. The van der Waals surface area contributed by atoms with Crippen LogP contribution in [0.2, 0.25) is 0 Å². The number of carbonyl (C=O) groups is 1. The minimum absolute atomic E-state index is 0.165. The van der Waals surface area contributed by atoms with E-state index in [0.717, 1.165) is 19.5 Å². The van der Waals surface area contributed by atoms with E-state index in [2.05, 4.69) is 24.5 Å². The van der Waals surface area contributed by atoms with E-state index in [1.54, 1.807) is 0 Å². The maximum atomic E-state index is 11.6. The summed E-state index contributed by atoms with van der Waals surface area (Å²) in [5, 5.41) is 6.23. The molecule has 4 nitrogen and oxygen atoms in total. The van der Waals surface area contributed by atoms with Crippen molar-refractivity contribution in [3.05, 3.63) is 0 Å². The van der Waals surface area contributed by atoms with Gasteiger partial charge in [-0.15, -0.1) is 0 Å². The van der Waals surface area contributed by atoms with Crippen molar-refractivity contribution in [3.63, 3.8) is 0 Å². The monoisotopic (exact) mass is 228 g/mol. The van der Waals surface area contributed by atoms with E-state index in [4.69, 9.17) is 4.74 Å². The van der Waals surface area contributed by atoms with Gasteiger partial charge in [0.15, 0.2) is 0 Å². The second-order valence-corrected chi connectivity index (χ2v) is 6.34. The summed E-state index contributed by atoms with van der Waals surface area (Å²) in [4.78, 5) is 11.6. The van der Waals surface area contributed by atoms with Crippen LogP contribution in [0.5, 0.6) is 0 Å². The maximum Gasteiger partial charge on any atom is 0.407 e. The molecule has 1 atom stereocenters. The zero-order chi connectivity index (χ0) is 12.4. The first-order valence-corrected chi connectivity index (χ1v) is 5.88. The van der Waals surface area contributed by atoms with E-state index < -0.39 is 5.60 Å². The number of hydrogen-bond acceptors (Lipinski definition) is 3. The molecule has 1 aliphatic heterocycles. The Kier molecular flexibility index (Phi) is 3.84. The summed E-state index contributed by atoms with van der Waals surface area (Å²) >= 11 is 0. The topological polar surface area (TPSA) is 50.4 Å². The smallest absolute Gasteiger partial charge is 0.407 e. The predicted molar refractivity (Wildman–Crippen MR) is 64.4 cm³/mol. The lowest BCUT2D eigenvalue weighted by molar-refractivity contribution is 0.0478. The molecule has 0 bridgehead atoms. The normalized spacial score (nSPS) is 24.9. The quantitative estimate of drug-likeness (QED) is 0.720. The fraction of sp³-hybridized carbons (Fsp3) is 0.917. The van der Waals surface area contributed by atoms with Gasteiger partial charge in [-0.3, -0.25) is 0 Å². The number of rotatable bonds is 1. The molecule has 1 unspecified atom stereocenters. The molecule has 16 heavy (non-hydrogen) atoms. The molecule has 0 aromatic heterocycles. The molecule has 1 fully saturated rings. The third kappa shape index (κ3) is 4.84. The lowest BCUT2D eigenvalue weighted by atomic mass is 9.83. The Bertz CT molecular complexity index is 256. The van der Waals surface area contributed by atoms with Gasteiger partial charge >= 0.3 is 6.09 Å². The molecular weight excluding hydrogens is 204 g/mol. The third-order valence-electron chi connectivity index (χ3n) is 2.51. The first-order valence-electron chi connectivity index (χ1n) is 5.88. The van der Waals surface area contributed by atoms with Crippen LogP contribution in [-0.4, -0.2) is 30.8 Å². The average Bonchev–Trinajstić information content (AvgIpc) is 1.96. The molecule has 2 N–H and O–H groups in total. The van der Waals surface area contributed by atoms with Crippen molar-refractivity contribution in [2.75, 3.05) is 13.1 Å². The zero-order valence-corrected chi connectivity index (χ0v) is 11.0. The van der Waals surface area contributed by atoms with E-state index in [9.17, 15) is 4.79 Å². The van der Waals surface area contributed by atoms with E-state index in [1.165, 1.54) is 0 Å². The number of alkyl carbamates (subject to hydrolysis) is 1. The SMILES string of the molecule is CC1(C)CNCC(NC(=O)OC(C)(C)C)C1. The summed E-state index contributed by atoms with van der Waals surface area (Å²) in [6.07, 6.45) is 0.663. The van der Waals surface area contributed by atoms with E-state index in [1.807, 2.05) is 20.8 Å². The van der Waals surface area contributed by atoms with Crippen molar-refractivity contribution in [1.82, 2.24) is 10.6 Å². The molecule has 4 heteroatoms. The number of carbonyl (C=O) groups excluding carboxylic acids is 1. The first kappa shape index (κ1) is 13.3. The highest BCUT2D eigenvalue weighted by molar-refractivity contribution is 5.68. The van der Waals surface area contributed by atoms with Crippen molar-refractivity contribution in [2.45, 2.75) is 52.7 Å². The highest BCUT2D eigenvalue weighted by Gasteiger charge is 2.29. The third-order valence-corrected chi connectivity index (χ3v) is 2.51. The molecule has 1 saturated heterocycles. The van der Waals surface area contributed by atoms with Crippen LogP contribution < -0.4 is 10.6 Å². The molecule has 1 heterocycles. The van der Waals surface area contributed by atoms with Crippen LogP contribution in [0.3, 0.4) is 0 Å². The summed E-state index contributed by atoms with van der Waals surface area (Å²) in [5.41, 5.74) is -0.195. The Morgan fingerprint density at radius 1 is 1.44 bits per heavy atom. The summed E-state index contributed by atoms with van der Waals surface area (Å²) in [6.45, 7) is 11.8. The molecular formula is C12H24N2O2. The fourth-order valence-electron chi connectivity index (χ4n) is 1.97. The fourth-order valence-corrected chi connectivity index (χ4v) is 1.97. The number of ether oxygens (including phenoxy) is 1. The van der Waals surface area contributed by atoms with Gasteiger partial charge in [0.05, 0.1) is 0 Å². The van der Waals surface area contributed by atoms with Gasteiger partial charge in [-0.1, -0.05) is 13.8 Å². The Morgan fingerprint density at radius 2 is 2.06 bits per heavy atom. The number of piperidine rings is 1. The van der Waals surface area contributed by atoms with Gasteiger partial charge in [-0.25, -0.2) is 4.79 Å². The molecule has 0 saturated carbocycles. The van der Waals surface area contributed by atoms with Crippen molar-refractivity contribution in [1.29, 1.82) is 0 Å². The van der Waals surface area contributed by atoms with Crippen molar-refractivity contribution < 1.29 is 9.53 Å². The van der Waals surface area contributed by atoms with Gasteiger partial charge in [-0.05, 0) is 32.6 Å². The Hall–Kier alpha value is -0.770. The van der Waals surface area contributed by atoms with E-state index in [0.29, 0.717) is 0 Å². The highest BCUT2D eigenvalue weighted by Crippen LogP contribution is 2.24. The predicted octanol–water partition coefficient (Wildman–Crippen LogP) is 1.90. The Balaban J connectivity index is 2.40. The Labute approximate surface area is 98.1 Å². The van der Waals surface area contributed by atoms with Crippen LogP contribution in [0.1, 0.15) is 41.0 Å². The number of hydrogen-bond donors (Lipinski definition) is 2. The molecule has 0 aliphatic carbocycles. The van der Waals surface area contributed by atoms with Crippen LogP contribution >= 0.6 is 0 Å². The van der Waals surface area contributed by atoms with E-state index in [-0.39, 0.29) is 17.6 Å². The molecule has 94 valence electrons. The van der Waals surface area contributed by atoms with Gasteiger partial charge < -0.3 is 15.4 Å². The van der Waals surface area contributed by atoms with Gasteiger partial charge in [0, 0.05) is 19.1 Å². The molecule has 1 rings (SSSR count).